The normalized spacial score (nSPS) is 29.4. The zero-order chi connectivity index (χ0) is 12.8. The van der Waals surface area contributed by atoms with Gasteiger partial charge in [-0.25, -0.2) is 0 Å². The summed E-state index contributed by atoms with van der Waals surface area (Å²) in [4.78, 5) is 0. The van der Waals surface area contributed by atoms with E-state index in [2.05, 4.69) is 24.1 Å². The highest BCUT2D eigenvalue weighted by Gasteiger charge is 2.55. The van der Waals surface area contributed by atoms with Crippen LogP contribution < -0.4 is 5.32 Å². The van der Waals surface area contributed by atoms with Gasteiger partial charge < -0.3 is 10.1 Å². The Balaban J connectivity index is 1.87. The van der Waals surface area contributed by atoms with Gasteiger partial charge in [-0.1, -0.05) is 19.3 Å². The van der Waals surface area contributed by atoms with E-state index in [0.29, 0.717) is 17.6 Å². The van der Waals surface area contributed by atoms with Crippen molar-refractivity contribution < 1.29 is 4.74 Å². The van der Waals surface area contributed by atoms with Crippen molar-refractivity contribution in [2.45, 2.75) is 70.9 Å². The summed E-state index contributed by atoms with van der Waals surface area (Å²) in [5.41, 5.74) is 0.452. The highest BCUT2D eigenvalue weighted by atomic mass is 16.5. The molecule has 2 unspecified atom stereocenters. The zero-order valence-corrected chi connectivity index (χ0v) is 11.9. The van der Waals surface area contributed by atoms with Crippen LogP contribution in [0.2, 0.25) is 0 Å². The van der Waals surface area contributed by atoms with Gasteiger partial charge in [-0.15, -0.1) is 11.8 Å². The highest BCUT2D eigenvalue weighted by Crippen LogP contribution is 2.53. The van der Waals surface area contributed by atoms with E-state index in [1.807, 2.05) is 6.92 Å². The first kappa shape index (κ1) is 13.9. The molecule has 0 bridgehead atoms. The van der Waals surface area contributed by atoms with E-state index in [1.54, 1.807) is 0 Å². The molecule has 2 fully saturated rings. The van der Waals surface area contributed by atoms with E-state index >= 15 is 0 Å². The molecule has 0 saturated heterocycles. The minimum Gasteiger partial charge on any atom is -0.378 e. The molecule has 0 heterocycles. The van der Waals surface area contributed by atoms with Crippen LogP contribution in [0.1, 0.15) is 58.8 Å². The largest absolute Gasteiger partial charge is 0.378 e. The molecule has 18 heavy (non-hydrogen) atoms. The third-order valence-corrected chi connectivity index (χ3v) is 4.75. The van der Waals surface area contributed by atoms with Gasteiger partial charge in [-0.3, -0.25) is 0 Å². The molecular formula is C16H27NO. The monoisotopic (exact) mass is 249 g/mol. The number of hydrogen-bond acceptors (Lipinski definition) is 2. The van der Waals surface area contributed by atoms with E-state index in [0.717, 1.165) is 19.6 Å². The fraction of sp³-hybridized carbons (Fsp3) is 0.875. The summed E-state index contributed by atoms with van der Waals surface area (Å²) in [5.74, 6) is 6.10. The summed E-state index contributed by atoms with van der Waals surface area (Å²) < 4.78 is 5.96. The summed E-state index contributed by atoms with van der Waals surface area (Å²) in [6.07, 6.45) is 9.58. The molecule has 2 atom stereocenters. The van der Waals surface area contributed by atoms with Crippen LogP contribution in [0, 0.1) is 17.3 Å². The van der Waals surface area contributed by atoms with E-state index in [9.17, 15) is 0 Å². The Morgan fingerprint density at radius 3 is 2.72 bits per heavy atom. The molecule has 0 amide bonds. The SMILES string of the molecule is CC#CCCNC1CC(OCC)C12CCCCC2. The van der Waals surface area contributed by atoms with Crippen molar-refractivity contribution in [2.75, 3.05) is 13.2 Å². The van der Waals surface area contributed by atoms with Crippen molar-refractivity contribution in [3.63, 3.8) is 0 Å². The first-order valence-electron chi connectivity index (χ1n) is 7.58. The zero-order valence-electron chi connectivity index (χ0n) is 11.9. The Morgan fingerprint density at radius 2 is 2.06 bits per heavy atom. The minimum atomic E-state index is 0.452. The molecule has 2 aliphatic carbocycles. The van der Waals surface area contributed by atoms with Gasteiger partial charge in [-0.2, -0.15) is 0 Å². The smallest absolute Gasteiger partial charge is 0.0661 e. The van der Waals surface area contributed by atoms with Gasteiger partial charge in [0.15, 0.2) is 0 Å². The number of hydrogen-bond donors (Lipinski definition) is 1. The molecule has 2 heteroatoms. The molecule has 2 aliphatic rings. The molecule has 2 nitrogen and oxygen atoms in total. The van der Waals surface area contributed by atoms with Crippen LogP contribution in [0.4, 0.5) is 0 Å². The van der Waals surface area contributed by atoms with Crippen LogP contribution >= 0.6 is 0 Å². The van der Waals surface area contributed by atoms with Crippen molar-refractivity contribution in [3.05, 3.63) is 0 Å². The van der Waals surface area contributed by atoms with Crippen LogP contribution in [0.15, 0.2) is 0 Å². The average Bonchev–Trinajstić information content (AvgIpc) is 2.42. The Labute approximate surface area is 112 Å². The van der Waals surface area contributed by atoms with Gasteiger partial charge in [0.25, 0.3) is 0 Å². The second-order valence-corrected chi connectivity index (χ2v) is 5.66. The Bertz CT molecular complexity index is 309. The topological polar surface area (TPSA) is 21.3 Å². The van der Waals surface area contributed by atoms with Crippen molar-refractivity contribution >= 4 is 0 Å². The number of rotatable bonds is 5. The highest BCUT2D eigenvalue weighted by molar-refractivity contribution is 5.09. The predicted molar refractivity (Wildman–Crippen MR) is 75.4 cm³/mol. The molecule has 0 aromatic heterocycles. The van der Waals surface area contributed by atoms with Gasteiger partial charge in [-0.05, 0) is 33.1 Å². The quantitative estimate of drug-likeness (QED) is 0.597. The lowest BCUT2D eigenvalue weighted by Crippen LogP contribution is -2.64. The molecule has 0 aliphatic heterocycles. The van der Waals surface area contributed by atoms with Crippen LogP contribution in [0.3, 0.4) is 0 Å². The summed E-state index contributed by atoms with van der Waals surface area (Å²) in [6, 6.07) is 0.674. The minimum absolute atomic E-state index is 0.452. The van der Waals surface area contributed by atoms with Gasteiger partial charge in [0, 0.05) is 31.0 Å². The fourth-order valence-corrected chi connectivity index (χ4v) is 3.78. The first-order chi connectivity index (χ1) is 8.83. The lowest BCUT2D eigenvalue weighted by molar-refractivity contribution is -0.149. The summed E-state index contributed by atoms with van der Waals surface area (Å²) in [5, 5.41) is 3.72. The fourth-order valence-electron chi connectivity index (χ4n) is 3.78. The number of ether oxygens (including phenoxy) is 1. The lowest BCUT2D eigenvalue weighted by atomic mass is 9.55. The Morgan fingerprint density at radius 1 is 1.28 bits per heavy atom. The molecule has 0 aromatic carbocycles. The molecular weight excluding hydrogens is 222 g/mol. The van der Waals surface area contributed by atoms with Gasteiger partial charge in [0.1, 0.15) is 0 Å². The summed E-state index contributed by atoms with van der Waals surface area (Å²) in [6.45, 7) is 5.93. The van der Waals surface area contributed by atoms with Crippen molar-refractivity contribution in [2.24, 2.45) is 5.41 Å². The van der Waals surface area contributed by atoms with Crippen molar-refractivity contribution in [3.8, 4) is 11.8 Å². The molecule has 1 N–H and O–H groups in total. The van der Waals surface area contributed by atoms with E-state index in [-0.39, 0.29) is 0 Å². The molecule has 2 saturated carbocycles. The Hall–Kier alpha value is -0.520. The maximum atomic E-state index is 5.96. The van der Waals surface area contributed by atoms with E-state index < -0.39 is 0 Å². The second kappa shape index (κ2) is 6.59. The molecule has 2 rings (SSSR count). The van der Waals surface area contributed by atoms with Crippen LogP contribution in [-0.2, 0) is 4.74 Å². The Kier molecular flexibility index (Phi) is 5.09. The van der Waals surface area contributed by atoms with Gasteiger partial charge in [0.05, 0.1) is 6.10 Å². The van der Waals surface area contributed by atoms with Crippen molar-refractivity contribution in [1.29, 1.82) is 0 Å². The lowest BCUT2D eigenvalue weighted by Gasteiger charge is -2.58. The second-order valence-electron chi connectivity index (χ2n) is 5.66. The van der Waals surface area contributed by atoms with Gasteiger partial charge >= 0.3 is 0 Å². The standard InChI is InChI=1S/C16H27NO/c1-3-5-9-12-17-14-13-15(18-4-2)16(14)10-7-6-8-11-16/h14-15,17H,4,6-13H2,1-2H3. The maximum absolute atomic E-state index is 5.96. The van der Waals surface area contributed by atoms with Crippen LogP contribution in [0.5, 0.6) is 0 Å². The van der Waals surface area contributed by atoms with Gasteiger partial charge in [0.2, 0.25) is 0 Å². The third kappa shape index (κ3) is 2.73. The molecule has 1 spiro atoms. The average molecular weight is 249 g/mol. The van der Waals surface area contributed by atoms with E-state index in [4.69, 9.17) is 4.74 Å². The molecule has 102 valence electrons. The summed E-state index contributed by atoms with van der Waals surface area (Å²) >= 11 is 0. The summed E-state index contributed by atoms with van der Waals surface area (Å²) in [7, 11) is 0. The van der Waals surface area contributed by atoms with Crippen LogP contribution in [0.25, 0.3) is 0 Å². The van der Waals surface area contributed by atoms with E-state index in [1.165, 1.54) is 38.5 Å². The predicted octanol–water partition coefficient (Wildman–Crippen LogP) is 3.12. The van der Waals surface area contributed by atoms with Crippen molar-refractivity contribution in [1.82, 2.24) is 5.32 Å². The third-order valence-electron chi connectivity index (χ3n) is 4.75. The molecule has 0 aromatic rings. The maximum Gasteiger partial charge on any atom is 0.0661 e. The van der Waals surface area contributed by atoms with Crippen LogP contribution in [-0.4, -0.2) is 25.3 Å². The molecule has 0 radical (unpaired) electrons. The number of nitrogens with one attached hydrogen (secondary N) is 1. The first-order valence-corrected chi connectivity index (χ1v) is 7.58.